The third kappa shape index (κ3) is 1.54. The van der Waals surface area contributed by atoms with E-state index < -0.39 is 5.79 Å². The summed E-state index contributed by atoms with van der Waals surface area (Å²) in [5.74, 6) is 0.188. The molecule has 1 saturated heterocycles. The van der Waals surface area contributed by atoms with Gasteiger partial charge in [-0.15, -0.1) is 0 Å². The fourth-order valence-electron chi connectivity index (χ4n) is 3.40. The average molecular weight is 222 g/mol. The maximum atomic E-state index is 12.1. The van der Waals surface area contributed by atoms with E-state index in [1.54, 1.807) is 0 Å². The molecule has 1 saturated carbocycles. The first-order valence-corrected chi connectivity index (χ1v) is 6.27. The molecule has 3 nitrogen and oxygen atoms in total. The lowest BCUT2D eigenvalue weighted by Gasteiger charge is -2.36. The van der Waals surface area contributed by atoms with Gasteiger partial charge in [0.25, 0.3) is 0 Å². The molecular formula is C13H18O3. The number of ether oxygens (including phenoxy) is 2. The van der Waals surface area contributed by atoms with Gasteiger partial charge in [0, 0.05) is 12.8 Å². The second-order valence-corrected chi connectivity index (χ2v) is 5.00. The van der Waals surface area contributed by atoms with Gasteiger partial charge in [-0.05, 0) is 25.2 Å². The van der Waals surface area contributed by atoms with E-state index in [4.69, 9.17) is 9.47 Å². The van der Waals surface area contributed by atoms with Gasteiger partial charge in [0.05, 0.1) is 19.1 Å². The Bertz CT molecular complexity index is 315. The van der Waals surface area contributed by atoms with Crippen LogP contribution in [-0.2, 0) is 14.3 Å². The Morgan fingerprint density at radius 1 is 1.19 bits per heavy atom. The van der Waals surface area contributed by atoms with Crippen LogP contribution in [0, 0.1) is 11.8 Å². The number of carbonyl (C=O) groups excluding carboxylic acids is 1. The SMILES string of the molecule is O=C1CC[C@H]2CC/C=C\CC3(OCCO3)[C@H]12. The maximum Gasteiger partial charge on any atom is 0.181 e. The monoisotopic (exact) mass is 222 g/mol. The zero-order chi connectivity index (χ0) is 11.0. The molecule has 2 fully saturated rings. The van der Waals surface area contributed by atoms with E-state index in [9.17, 15) is 4.79 Å². The van der Waals surface area contributed by atoms with Crippen LogP contribution in [0.4, 0.5) is 0 Å². The summed E-state index contributed by atoms with van der Waals surface area (Å²) in [6.45, 7) is 1.26. The van der Waals surface area contributed by atoms with Crippen molar-refractivity contribution in [3.63, 3.8) is 0 Å². The van der Waals surface area contributed by atoms with E-state index in [1.807, 2.05) is 0 Å². The molecule has 0 unspecified atom stereocenters. The van der Waals surface area contributed by atoms with E-state index in [-0.39, 0.29) is 5.92 Å². The molecule has 0 bridgehead atoms. The predicted molar refractivity (Wildman–Crippen MR) is 58.8 cm³/mol. The topological polar surface area (TPSA) is 35.5 Å². The summed E-state index contributed by atoms with van der Waals surface area (Å²) in [5.41, 5.74) is 0. The number of rotatable bonds is 0. The number of allylic oxidation sites excluding steroid dienone is 1. The first kappa shape index (κ1) is 10.5. The highest BCUT2D eigenvalue weighted by Crippen LogP contribution is 2.46. The van der Waals surface area contributed by atoms with Gasteiger partial charge in [0.2, 0.25) is 0 Å². The average Bonchev–Trinajstić information content (AvgIpc) is 2.83. The van der Waals surface area contributed by atoms with Crippen LogP contribution in [-0.4, -0.2) is 24.8 Å². The van der Waals surface area contributed by atoms with Gasteiger partial charge >= 0.3 is 0 Å². The second kappa shape index (κ2) is 3.97. The van der Waals surface area contributed by atoms with Gasteiger partial charge in [-0.25, -0.2) is 0 Å². The van der Waals surface area contributed by atoms with Crippen molar-refractivity contribution in [2.45, 2.75) is 37.9 Å². The van der Waals surface area contributed by atoms with Crippen molar-refractivity contribution in [1.82, 2.24) is 0 Å². The highest BCUT2D eigenvalue weighted by Gasteiger charge is 2.53. The maximum absolute atomic E-state index is 12.1. The third-order valence-corrected chi connectivity index (χ3v) is 4.10. The zero-order valence-corrected chi connectivity index (χ0v) is 9.48. The molecule has 1 aliphatic heterocycles. The third-order valence-electron chi connectivity index (χ3n) is 4.10. The molecule has 88 valence electrons. The molecule has 0 N–H and O–H groups in total. The van der Waals surface area contributed by atoms with Crippen molar-refractivity contribution in [3.05, 3.63) is 12.2 Å². The van der Waals surface area contributed by atoms with E-state index in [0.29, 0.717) is 31.3 Å². The van der Waals surface area contributed by atoms with Crippen LogP contribution in [0.5, 0.6) is 0 Å². The first-order chi connectivity index (χ1) is 7.82. The Morgan fingerprint density at radius 2 is 2.00 bits per heavy atom. The minimum atomic E-state index is -0.616. The van der Waals surface area contributed by atoms with Gasteiger partial charge < -0.3 is 9.47 Å². The molecule has 2 aliphatic carbocycles. The zero-order valence-electron chi connectivity index (χ0n) is 9.48. The standard InChI is InChI=1S/C13H18O3/c14-11-6-5-10-4-2-1-3-7-13(12(10)11)15-8-9-16-13/h1,3,10,12H,2,4-9H2/b3-1-/t10-,12+/m1/s1. The highest BCUT2D eigenvalue weighted by molar-refractivity contribution is 5.84. The lowest BCUT2D eigenvalue weighted by Crippen LogP contribution is -2.44. The van der Waals surface area contributed by atoms with Crippen molar-refractivity contribution in [3.8, 4) is 0 Å². The Labute approximate surface area is 95.8 Å². The minimum Gasteiger partial charge on any atom is -0.346 e. The van der Waals surface area contributed by atoms with Gasteiger partial charge in [0.15, 0.2) is 5.79 Å². The number of Topliss-reactive ketones (excluding diaryl/α,β-unsaturated/α-hetero) is 1. The molecule has 0 radical (unpaired) electrons. The normalized spacial score (nSPS) is 39.4. The molecule has 3 aliphatic rings. The van der Waals surface area contributed by atoms with E-state index >= 15 is 0 Å². The predicted octanol–water partition coefficient (Wildman–Crippen LogP) is 2.06. The van der Waals surface area contributed by atoms with Crippen molar-refractivity contribution >= 4 is 5.78 Å². The van der Waals surface area contributed by atoms with Crippen LogP contribution in [0.3, 0.4) is 0 Å². The molecule has 3 rings (SSSR count). The van der Waals surface area contributed by atoms with Crippen LogP contribution in [0.15, 0.2) is 12.2 Å². The Hall–Kier alpha value is -0.670. The summed E-state index contributed by atoms with van der Waals surface area (Å²) in [6.07, 6.45) is 8.97. The van der Waals surface area contributed by atoms with Crippen molar-refractivity contribution in [1.29, 1.82) is 0 Å². The lowest BCUT2D eigenvalue weighted by atomic mass is 9.81. The quantitative estimate of drug-likeness (QED) is 0.588. The smallest absolute Gasteiger partial charge is 0.181 e. The van der Waals surface area contributed by atoms with Gasteiger partial charge in [-0.3, -0.25) is 4.79 Å². The molecule has 16 heavy (non-hydrogen) atoms. The molecule has 1 spiro atoms. The Balaban J connectivity index is 1.95. The van der Waals surface area contributed by atoms with E-state index in [2.05, 4.69) is 12.2 Å². The molecule has 0 aromatic heterocycles. The van der Waals surface area contributed by atoms with Crippen LogP contribution in [0.2, 0.25) is 0 Å². The molecule has 3 heteroatoms. The van der Waals surface area contributed by atoms with Crippen molar-refractivity contribution in [2.24, 2.45) is 11.8 Å². The second-order valence-electron chi connectivity index (χ2n) is 5.00. The van der Waals surface area contributed by atoms with Crippen LogP contribution in [0.1, 0.15) is 32.1 Å². The van der Waals surface area contributed by atoms with Crippen molar-refractivity contribution < 1.29 is 14.3 Å². The van der Waals surface area contributed by atoms with Crippen LogP contribution in [0.25, 0.3) is 0 Å². The molecular weight excluding hydrogens is 204 g/mol. The molecule has 0 aromatic carbocycles. The van der Waals surface area contributed by atoms with Crippen molar-refractivity contribution in [2.75, 3.05) is 13.2 Å². The number of ketones is 1. The number of hydrogen-bond acceptors (Lipinski definition) is 3. The van der Waals surface area contributed by atoms with Gasteiger partial charge in [-0.2, -0.15) is 0 Å². The summed E-state index contributed by atoms with van der Waals surface area (Å²) in [5, 5.41) is 0. The molecule has 2 atom stereocenters. The lowest BCUT2D eigenvalue weighted by molar-refractivity contribution is -0.201. The summed E-state index contributed by atoms with van der Waals surface area (Å²) < 4.78 is 11.6. The number of fused-ring (bicyclic) bond motifs is 2. The number of hydrogen-bond donors (Lipinski definition) is 0. The van der Waals surface area contributed by atoms with Gasteiger partial charge in [-0.1, -0.05) is 12.2 Å². The van der Waals surface area contributed by atoms with Crippen LogP contribution >= 0.6 is 0 Å². The first-order valence-electron chi connectivity index (χ1n) is 6.27. The summed E-state index contributed by atoms with van der Waals surface area (Å²) in [6, 6.07) is 0. The fourth-order valence-corrected chi connectivity index (χ4v) is 3.40. The highest BCUT2D eigenvalue weighted by atomic mass is 16.7. The Kier molecular flexibility index (Phi) is 2.60. The minimum absolute atomic E-state index is 0.0139. The molecule has 0 amide bonds. The molecule has 0 aromatic rings. The fraction of sp³-hybridized carbons (Fsp3) is 0.769. The van der Waals surface area contributed by atoms with E-state index in [0.717, 1.165) is 25.7 Å². The van der Waals surface area contributed by atoms with Crippen LogP contribution < -0.4 is 0 Å². The van der Waals surface area contributed by atoms with Gasteiger partial charge in [0.1, 0.15) is 5.78 Å². The largest absolute Gasteiger partial charge is 0.346 e. The summed E-state index contributed by atoms with van der Waals surface area (Å²) in [7, 11) is 0. The number of carbonyl (C=O) groups is 1. The van der Waals surface area contributed by atoms with E-state index in [1.165, 1.54) is 0 Å². The molecule has 1 heterocycles. The Morgan fingerprint density at radius 3 is 2.81 bits per heavy atom. The summed E-state index contributed by atoms with van der Waals surface area (Å²) >= 11 is 0. The summed E-state index contributed by atoms with van der Waals surface area (Å²) in [4.78, 5) is 12.1.